The zero-order valence-corrected chi connectivity index (χ0v) is 26.8. The van der Waals surface area contributed by atoms with Crippen molar-refractivity contribution < 1.29 is 14.3 Å². The predicted octanol–water partition coefficient (Wildman–Crippen LogP) is 4.82. The van der Waals surface area contributed by atoms with E-state index in [1.807, 2.05) is 24.3 Å². The maximum Gasteiger partial charge on any atom is 0.291 e. The number of para-hydroxylation sites is 1. The van der Waals surface area contributed by atoms with Gasteiger partial charge in [0.15, 0.2) is 5.96 Å². The van der Waals surface area contributed by atoms with Gasteiger partial charge in [0.25, 0.3) is 5.91 Å². The zero-order valence-electron chi connectivity index (χ0n) is 25.3. The van der Waals surface area contributed by atoms with Crippen LogP contribution in [-0.2, 0) is 11.2 Å². The molecule has 0 radical (unpaired) electrons. The number of hydrogen-bond acceptors (Lipinski definition) is 6. The van der Waals surface area contributed by atoms with E-state index in [0.29, 0.717) is 54.6 Å². The highest BCUT2D eigenvalue weighted by molar-refractivity contribution is 6.34. The lowest BCUT2D eigenvalue weighted by Crippen LogP contribution is -2.50. The molecule has 2 amide bonds. The molecule has 1 aromatic heterocycles. The first-order valence-electron chi connectivity index (χ1n) is 15.0. The lowest BCUT2D eigenvalue weighted by molar-refractivity contribution is -0.123. The van der Waals surface area contributed by atoms with Crippen LogP contribution in [0.1, 0.15) is 75.0 Å². The Morgan fingerprint density at radius 2 is 1.75 bits per heavy atom. The van der Waals surface area contributed by atoms with Gasteiger partial charge in [-0.1, -0.05) is 68.1 Å². The van der Waals surface area contributed by atoms with Gasteiger partial charge in [-0.25, -0.2) is 9.67 Å². The summed E-state index contributed by atoms with van der Waals surface area (Å²) in [6, 6.07) is 11.8. The van der Waals surface area contributed by atoms with Crippen molar-refractivity contribution in [3.8, 4) is 11.4 Å². The molecule has 6 N–H and O–H groups in total. The van der Waals surface area contributed by atoms with Crippen molar-refractivity contribution in [1.82, 2.24) is 25.4 Å². The molecule has 2 unspecified atom stereocenters. The number of benzene rings is 2. The molecule has 0 bridgehead atoms. The fourth-order valence-corrected chi connectivity index (χ4v) is 5.11. The van der Waals surface area contributed by atoms with Gasteiger partial charge in [-0.05, 0) is 68.4 Å². The molecule has 2 aromatic carbocycles. The van der Waals surface area contributed by atoms with Crippen LogP contribution in [0.2, 0.25) is 10.0 Å². The van der Waals surface area contributed by atoms with E-state index in [0.717, 1.165) is 37.0 Å². The third kappa shape index (κ3) is 11.3. The van der Waals surface area contributed by atoms with Crippen molar-refractivity contribution in [2.24, 2.45) is 16.5 Å². The number of rotatable bonds is 18. The van der Waals surface area contributed by atoms with Gasteiger partial charge in [0, 0.05) is 22.6 Å². The van der Waals surface area contributed by atoms with Gasteiger partial charge >= 0.3 is 0 Å². The topological polar surface area (TPSA) is 163 Å². The Hall–Kier alpha value is -3.83. The monoisotopic (exact) mass is 644 g/mol. The van der Waals surface area contributed by atoms with Crippen LogP contribution in [0.25, 0.3) is 5.69 Å². The summed E-state index contributed by atoms with van der Waals surface area (Å²) in [5.41, 5.74) is 12.4. The maximum atomic E-state index is 13.7. The Balaban J connectivity index is 1.76. The van der Waals surface area contributed by atoms with Crippen molar-refractivity contribution in [2.45, 2.75) is 77.3 Å². The van der Waals surface area contributed by atoms with E-state index in [1.165, 1.54) is 11.0 Å². The third-order valence-electron chi connectivity index (χ3n) is 6.78. The Labute approximate surface area is 268 Å². The predicted molar refractivity (Wildman–Crippen MR) is 175 cm³/mol. The van der Waals surface area contributed by atoms with Crippen LogP contribution < -0.4 is 26.8 Å². The number of aromatic nitrogens is 3. The number of nitrogens with zero attached hydrogens (tertiary/aromatic N) is 4. The minimum atomic E-state index is -0.829. The average molecular weight is 646 g/mol. The summed E-state index contributed by atoms with van der Waals surface area (Å²) in [6.45, 7) is 5.21. The molecule has 238 valence electrons. The molecule has 0 aliphatic rings. The van der Waals surface area contributed by atoms with Gasteiger partial charge in [0.2, 0.25) is 11.7 Å². The number of carbonyl (C=O) groups is 2. The van der Waals surface area contributed by atoms with Crippen LogP contribution in [-0.4, -0.2) is 57.8 Å². The largest absolute Gasteiger partial charge is 0.493 e. The quantitative estimate of drug-likeness (QED) is 0.0876. The molecule has 2 atom stereocenters. The van der Waals surface area contributed by atoms with E-state index in [4.69, 9.17) is 39.4 Å². The summed E-state index contributed by atoms with van der Waals surface area (Å²) in [4.78, 5) is 35.1. The summed E-state index contributed by atoms with van der Waals surface area (Å²) < 4.78 is 7.36. The molecule has 1 heterocycles. The van der Waals surface area contributed by atoms with Crippen molar-refractivity contribution >= 4 is 41.0 Å². The molecule has 44 heavy (non-hydrogen) atoms. The average Bonchev–Trinajstić information content (AvgIpc) is 3.49. The number of ether oxygens (including phenoxy) is 1. The number of halogens is 2. The standard InChI is InChI=1S/C31H42Cl2N8O3/c1-3-5-11-24(16-21-10-6-7-13-27(21)44-15-4-2)38-29(42)26(12-8-9-14-36-31(34)35)39-30(43)28-37-20-41(40-28)25-18-22(32)17-23(33)19-25/h6-7,10,13,17-20,24,26H,3-5,8-9,11-12,14-16H2,1-2H3,(H,38,42)(H,39,43)(H4,34,35,36). The van der Waals surface area contributed by atoms with E-state index < -0.39 is 11.9 Å². The fourth-order valence-electron chi connectivity index (χ4n) is 4.59. The highest BCUT2D eigenvalue weighted by Gasteiger charge is 2.26. The SMILES string of the molecule is CCCCC(Cc1ccccc1OCCC)NC(=O)C(CCCCN=C(N)N)NC(=O)c1ncn(-c2cc(Cl)cc(Cl)c2)n1. The second kappa shape index (κ2) is 18.1. The highest BCUT2D eigenvalue weighted by atomic mass is 35.5. The number of amides is 2. The van der Waals surface area contributed by atoms with Gasteiger partial charge in [0.05, 0.1) is 12.3 Å². The third-order valence-corrected chi connectivity index (χ3v) is 7.21. The number of carbonyl (C=O) groups excluding carboxylic acids is 2. The van der Waals surface area contributed by atoms with E-state index in [9.17, 15) is 9.59 Å². The number of unbranched alkanes of at least 4 members (excludes halogenated alkanes) is 2. The second-order valence-electron chi connectivity index (χ2n) is 10.5. The smallest absolute Gasteiger partial charge is 0.291 e. The number of guanidine groups is 1. The second-order valence-corrected chi connectivity index (χ2v) is 11.3. The van der Waals surface area contributed by atoms with Crippen LogP contribution >= 0.6 is 23.2 Å². The normalized spacial score (nSPS) is 12.3. The molecule has 0 spiro atoms. The van der Waals surface area contributed by atoms with Gasteiger partial charge in [-0.15, -0.1) is 5.10 Å². The molecule has 11 nitrogen and oxygen atoms in total. The lowest BCUT2D eigenvalue weighted by atomic mass is 9.99. The molecule has 0 saturated heterocycles. The molecule has 3 aromatic rings. The molecule has 0 aliphatic heterocycles. The molecule has 13 heteroatoms. The molecular weight excluding hydrogens is 603 g/mol. The van der Waals surface area contributed by atoms with E-state index in [-0.39, 0.29) is 23.7 Å². The Morgan fingerprint density at radius 3 is 2.45 bits per heavy atom. The Bertz CT molecular complexity index is 1370. The van der Waals surface area contributed by atoms with Gasteiger partial charge in [0.1, 0.15) is 18.1 Å². The molecule has 0 aliphatic carbocycles. The van der Waals surface area contributed by atoms with Crippen LogP contribution in [0, 0.1) is 0 Å². The van der Waals surface area contributed by atoms with Crippen molar-refractivity contribution in [3.05, 3.63) is 70.2 Å². The van der Waals surface area contributed by atoms with Crippen LogP contribution in [0.15, 0.2) is 53.8 Å². The van der Waals surface area contributed by atoms with Crippen molar-refractivity contribution in [2.75, 3.05) is 13.2 Å². The van der Waals surface area contributed by atoms with E-state index >= 15 is 0 Å². The molecule has 0 fully saturated rings. The minimum absolute atomic E-state index is 0.0113. The fraction of sp³-hybridized carbons (Fsp3) is 0.452. The van der Waals surface area contributed by atoms with Gasteiger partial charge < -0.3 is 26.8 Å². The van der Waals surface area contributed by atoms with Crippen LogP contribution in [0.5, 0.6) is 5.75 Å². The Morgan fingerprint density at radius 1 is 1.00 bits per heavy atom. The summed E-state index contributed by atoms with van der Waals surface area (Å²) in [7, 11) is 0. The lowest BCUT2D eigenvalue weighted by Gasteiger charge is -2.24. The number of nitrogens with one attached hydrogen (secondary N) is 2. The summed E-state index contributed by atoms with van der Waals surface area (Å²) >= 11 is 12.2. The highest BCUT2D eigenvalue weighted by Crippen LogP contribution is 2.23. The minimum Gasteiger partial charge on any atom is -0.493 e. The first-order chi connectivity index (χ1) is 21.2. The Kier molecular flexibility index (Phi) is 14.2. The van der Waals surface area contributed by atoms with Gasteiger partial charge in [-0.2, -0.15) is 0 Å². The molecule has 3 rings (SSSR count). The maximum absolute atomic E-state index is 13.7. The molecular formula is C31H42Cl2N8O3. The van der Waals surface area contributed by atoms with Crippen LogP contribution in [0.3, 0.4) is 0 Å². The van der Waals surface area contributed by atoms with Crippen molar-refractivity contribution in [3.63, 3.8) is 0 Å². The van der Waals surface area contributed by atoms with E-state index in [1.54, 1.807) is 18.2 Å². The first kappa shape index (κ1) is 34.7. The van der Waals surface area contributed by atoms with Gasteiger partial charge in [-0.3, -0.25) is 14.6 Å². The first-order valence-corrected chi connectivity index (χ1v) is 15.7. The zero-order chi connectivity index (χ0) is 31.9. The summed E-state index contributed by atoms with van der Waals surface area (Å²) in [5, 5.41) is 11.1. The molecule has 0 saturated carbocycles. The summed E-state index contributed by atoms with van der Waals surface area (Å²) in [6.07, 6.45) is 7.21. The van der Waals surface area contributed by atoms with Crippen molar-refractivity contribution in [1.29, 1.82) is 0 Å². The number of hydrogen-bond donors (Lipinski definition) is 4. The summed E-state index contributed by atoms with van der Waals surface area (Å²) in [5.74, 6) is -0.127. The van der Waals surface area contributed by atoms with E-state index in [2.05, 4.69) is 39.6 Å². The number of nitrogens with two attached hydrogens (primary N) is 2. The number of aliphatic imine (C=N–C) groups is 1. The van der Waals surface area contributed by atoms with Crippen LogP contribution in [0.4, 0.5) is 0 Å².